The average Bonchev–Trinajstić information content (AvgIpc) is 2.49. The number of hydrogen-bond donors (Lipinski definition) is 0. The summed E-state index contributed by atoms with van der Waals surface area (Å²) in [7, 11) is -6.09. The Labute approximate surface area is 134 Å². The number of nitrogens with zero attached hydrogens (tertiary/aromatic N) is 1. The second kappa shape index (κ2) is 7.97. The maximum atomic E-state index is 13.7. The monoisotopic (exact) mass is 365 g/mol. The molecule has 0 aliphatic carbocycles. The van der Waals surface area contributed by atoms with Crippen LogP contribution in [-0.4, -0.2) is 24.8 Å². The molecule has 0 saturated carbocycles. The summed E-state index contributed by atoms with van der Waals surface area (Å²) < 4.78 is 74.0. The summed E-state index contributed by atoms with van der Waals surface area (Å²) in [5.41, 5.74) is -4.57. The minimum Gasteiger partial charge on any atom is -0.741 e. The van der Waals surface area contributed by atoms with Gasteiger partial charge in [-0.1, -0.05) is 30.3 Å². The van der Waals surface area contributed by atoms with Crippen molar-refractivity contribution in [1.29, 1.82) is 0 Å². The molecule has 0 spiro atoms. The molecule has 0 saturated heterocycles. The van der Waals surface area contributed by atoms with E-state index in [0.29, 0.717) is 12.8 Å². The van der Waals surface area contributed by atoms with Crippen molar-refractivity contribution < 1.29 is 39.9 Å². The van der Waals surface area contributed by atoms with Crippen molar-refractivity contribution in [1.82, 2.24) is 0 Å². The van der Waals surface area contributed by atoms with Crippen LogP contribution in [0.15, 0.2) is 48.7 Å². The first-order valence-electron chi connectivity index (χ1n) is 6.25. The van der Waals surface area contributed by atoms with Crippen LogP contribution in [0.5, 0.6) is 0 Å². The van der Waals surface area contributed by atoms with E-state index >= 15 is 0 Å². The number of carbonyl (C=O) groups is 1. The summed E-state index contributed by atoms with van der Waals surface area (Å²) in [6.07, 6.45) is 2.14. The van der Waals surface area contributed by atoms with E-state index in [-0.39, 0.29) is 5.56 Å². The van der Waals surface area contributed by atoms with Crippen LogP contribution in [0.1, 0.15) is 15.9 Å². The number of aromatic nitrogens is 1. The lowest BCUT2D eigenvalue weighted by molar-refractivity contribution is -0.716. The van der Waals surface area contributed by atoms with Gasteiger partial charge in [0, 0.05) is 11.6 Å². The molecule has 0 aliphatic rings. The normalized spacial score (nSPS) is 11.4. The maximum absolute atomic E-state index is 13.7. The van der Waals surface area contributed by atoms with Crippen molar-refractivity contribution in [2.24, 2.45) is 0 Å². The Kier molecular flexibility index (Phi) is 6.55. The lowest BCUT2D eigenvalue weighted by atomic mass is 10.2. The van der Waals surface area contributed by atoms with Gasteiger partial charge in [-0.25, -0.2) is 8.42 Å². The molecule has 0 radical (unpaired) electrons. The molecule has 10 heteroatoms. The van der Waals surface area contributed by atoms with Gasteiger partial charge in [-0.2, -0.15) is 17.7 Å². The van der Waals surface area contributed by atoms with E-state index in [1.807, 2.05) is 30.3 Å². The molecule has 24 heavy (non-hydrogen) atoms. The number of alkyl halides is 3. The Morgan fingerprint density at radius 2 is 1.62 bits per heavy atom. The predicted molar refractivity (Wildman–Crippen MR) is 73.3 cm³/mol. The van der Waals surface area contributed by atoms with E-state index < -0.39 is 21.6 Å². The van der Waals surface area contributed by atoms with Crippen LogP contribution in [0.4, 0.5) is 17.6 Å². The van der Waals surface area contributed by atoms with Crippen LogP contribution in [0.25, 0.3) is 0 Å². The van der Waals surface area contributed by atoms with Crippen molar-refractivity contribution >= 4 is 16.4 Å². The van der Waals surface area contributed by atoms with Gasteiger partial charge in [0.2, 0.25) is 0 Å². The molecule has 130 valence electrons. The topological polar surface area (TPSA) is 78.1 Å². The van der Waals surface area contributed by atoms with E-state index in [9.17, 15) is 22.4 Å². The van der Waals surface area contributed by atoms with Gasteiger partial charge in [0.05, 0.1) is 0 Å². The molecule has 2 rings (SSSR count). The molecule has 0 N–H and O–H groups in total. The van der Waals surface area contributed by atoms with Crippen LogP contribution in [0.3, 0.4) is 0 Å². The lowest BCUT2D eigenvalue weighted by Crippen LogP contribution is -2.39. The fourth-order valence-corrected chi connectivity index (χ4v) is 1.54. The molecular formula is C14H11F4NO4S. The minimum absolute atomic E-state index is 0.0819. The van der Waals surface area contributed by atoms with Crippen LogP contribution < -0.4 is 4.57 Å². The summed E-state index contributed by atoms with van der Waals surface area (Å²) in [5.74, 6) is -0.499. The average molecular weight is 365 g/mol. The fraction of sp³-hybridized carbons (Fsp3) is 0.143. The highest BCUT2D eigenvalue weighted by atomic mass is 32.2. The van der Waals surface area contributed by atoms with Gasteiger partial charge in [0.25, 0.3) is 0 Å². The van der Waals surface area contributed by atoms with E-state index in [0.717, 1.165) is 5.56 Å². The first-order valence-corrected chi connectivity index (χ1v) is 7.66. The third-order valence-electron chi connectivity index (χ3n) is 2.64. The summed E-state index contributed by atoms with van der Waals surface area (Å²) in [5, 5.41) is 0. The SMILES string of the molecule is O=Cc1ccc[n+](Cc2ccccc2)c1F.O=S(=O)([O-])C(F)(F)F. The molecule has 0 aliphatic heterocycles. The minimum atomic E-state index is -6.09. The van der Waals surface area contributed by atoms with E-state index in [1.54, 1.807) is 12.3 Å². The first-order chi connectivity index (χ1) is 11.1. The zero-order valence-corrected chi connectivity index (χ0v) is 12.7. The molecule has 0 atom stereocenters. The molecule has 2 aromatic rings. The number of halogens is 4. The van der Waals surface area contributed by atoms with Crippen molar-refractivity contribution in [3.63, 3.8) is 0 Å². The van der Waals surface area contributed by atoms with Gasteiger partial charge >= 0.3 is 11.5 Å². The highest BCUT2D eigenvalue weighted by Gasteiger charge is 2.36. The standard InChI is InChI=1S/C13H11FNO.CHF3O3S/c14-13-12(10-16)7-4-8-15(13)9-11-5-2-1-3-6-11;2-1(3,4)8(5,6)7/h1-8,10H,9H2;(H,5,6,7)/q+1;/p-1. The molecule has 1 aromatic carbocycles. The number of carbonyl (C=O) groups excluding carboxylic acids is 1. The van der Waals surface area contributed by atoms with Gasteiger partial charge in [0.15, 0.2) is 29.1 Å². The Balaban J connectivity index is 0.000000307. The smallest absolute Gasteiger partial charge is 0.485 e. The number of aldehydes is 1. The fourth-order valence-electron chi connectivity index (χ4n) is 1.54. The van der Waals surface area contributed by atoms with Crippen LogP contribution in [0, 0.1) is 5.95 Å². The van der Waals surface area contributed by atoms with E-state index in [1.165, 1.54) is 10.6 Å². The van der Waals surface area contributed by atoms with Gasteiger partial charge < -0.3 is 4.55 Å². The molecule has 0 bridgehead atoms. The zero-order chi connectivity index (χ0) is 18.4. The molecule has 5 nitrogen and oxygen atoms in total. The quantitative estimate of drug-likeness (QED) is 0.208. The number of hydrogen-bond acceptors (Lipinski definition) is 4. The van der Waals surface area contributed by atoms with Crippen molar-refractivity contribution in [3.05, 3.63) is 65.7 Å². The Morgan fingerprint density at radius 3 is 2.08 bits per heavy atom. The van der Waals surface area contributed by atoms with Gasteiger partial charge in [-0.15, -0.1) is 4.39 Å². The maximum Gasteiger partial charge on any atom is 0.485 e. The van der Waals surface area contributed by atoms with Gasteiger partial charge in [-0.05, 0) is 6.07 Å². The summed E-state index contributed by atoms with van der Waals surface area (Å²) in [6, 6.07) is 12.7. The molecule has 1 aromatic heterocycles. The molecule has 1 heterocycles. The predicted octanol–water partition coefficient (Wildman–Crippen LogP) is 2.03. The van der Waals surface area contributed by atoms with Crippen LogP contribution in [0.2, 0.25) is 0 Å². The third-order valence-corrected chi connectivity index (χ3v) is 3.21. The Hall–Kier alpha value is -2.33. The first kappa shape index (κ1) is 19.7. The Bertz CT molecular complexity index is 792. The second-order valence-electron chi connectivity index (χ2n) is 4.39. The summed E-state index contributed by atoms with van der Waals surface area (Å²) >= 11 is 0. The zero-order valence-electron chi connectivity index (χ0n) is 11.9. The van der Waals surface area contributed by atoms with Crippen molar-refractivity contribution in [2.75, 3.05) is 0 Å². The highest BCUT2D eigenvalue weighted by Crippen LogP contribution is 2.20. The van der Waals surface area contributed by atoms with E-state index in [4.69, 9.17) is 13.0 Å². The van der Waals surface area contributed by atoms with Crippen LogP contribution >= 0.6 is 0 Å². The summed E-state index contributed by atoms with van der Waals surface area (Å²) in [4.78, 5) is 10.6. The number of pyridine rings is 1. The van der Waals surface area contributed by atoms with Crippen molar-refractivity contribution in [3.8, 4) is 0 Å². The molecule has 0 amide bonds. The number of benzene rings is 1. The second-order valence-corrected chi connectivity index (χ2v) is 5.76. The van der Waals surface area contributed by atoms with Gasteiger partial charge in [0.1, 0.15) is 5.56 Å². The van der Waals surface area contributed by atoms with E-state index in [2.05, 4.69) is 0 Å². The molecule has 0 fully saturated rings. The third kappa shape index (κ3) is 5.70. The number of rotatable bonds is 3. The molecule has 0 unspecified atom stereocenters. The largest absolute Gasteiger partial charge is 0.741 e. The van der Waals surface area contributed by atoms with Crippen molar-refractivity contribution in [2.45, 2.75) is 12.1 Å². The molecular weight excluding hydrogens is 354 g/mol. The summed E-state index contributed by atoms with van der Waals surface area (Å²) in [6.45, 7) is 0.425. The highest BCUT2D eigenvalue weighted by molar-refractivity contribution is 7.86. The van der Waals surface area contributed by atoms with Crippen LogP contribution in [-0.2, 0) is 16.7 Å². The van der Waals surface area contributed by atoms with Gasteiger partial charge in [-0.3, -0.25) is 4.79 Å². The Morgan fingerprint density at radius 1 is 1.08 bits per heavy atom. The lowest BCUT2D eigenvalue weighted by Gasteiger charge is -2.08.